The molecule has 46 heavy (non-hydrogen) atoms. The van der Waals surface area contributed by atoms with E-state index in [0.717, 1.165) is 32.5 Å². The molecule has 244 valence electrons. The Morgan fingerprint density at radius 2 is 1.57 bits per heavy atom. The smallest absolute Gasteiger partial charge is 0.303 e. The van der Waals surface area contributed by atoms with Crippen molar-refractivity contribution in [2.45, 2.75) is 62.7 Å². The van der Waals surface area contributed by atoms with Crippen LogP contribution in [0.2, 0.25) is 5.02 Å². The Hall–Kier alpha value is -4.67. The molecule has 4 rings (SSSR count). The molecule has 1 aliphatic rings. The summed E-state index contributed by atoms with van der Waals surface area (Å²) in [6.07, 6.45) is -4.05. The number of nitrogens with zero attached hydrogens (tertiary/aromatic N) is 4. The number of ether oxygens (including phenoxy) is 5. The van der Waals surface area contributed by atoms with Gasteiger partial charge in [-0.05, 0) is 42.1 Å². The quantitative estimate of drug-likeness (QED) is 0.180. The van der Waals surface area contributed by atoms with Crippen LogP contribution in [0.1, 0.15) is 33.3 Å². The molecule has 2 heterocycles. The van der Waals surface area contributed by atoms with Crippen molar-refractivity contribution in [3.05, 3.63) is 53.1 Å². The Morgan fingerprint density at radius 3 is 2.22 bits per heavy atom. The number of aromatic nitrogens is 3. The summed E-state index contributed by atoms with van der Waals surface area (Å²) in [5, 5.41) is 34.1. The molecule has 1 aromatic heterocycles. The summed E-state index contributed by atoms with van der Waals surface area (Å²) in [6, 6.07) is 10.6. The lowest BCUT2D eigenvalue weighted by atomic mass is 9.99. The summed E-state index contributed by atoms with van der Waals surface area (Å²) in [5.41, 5.74) is -0.751. The molecule has 0 radical (unpaired) electrons. The summed E-state index contributed by atoms with van der Waals surface area (Å²) < 4.78 is 29.0. The van der Waals surface area contributed by atoms with E-state index in [1.54, 1.807) is 18.2 Å². The van der Waals surface area contributed by atoms with E-state index < -0.39 is 60.3 Å². The number of carbonyl (C=O) groups excluding carboxylic acids is 4. The van der Waals surface area contributed by atoms with Crippen LogP contribution in [0.3, 0.4) is 0 Å². The first-order valence-electron chi connectivity index (χ1n) is 13.6. The largest absolute Gasteiger partial charge is 0.507 e. The Balaban J connectivity index is 1.82. The SMILES string of the molecule is CC(=O)OC[C@@H]1O[C@H](Sc2nnc(-c3ccccc3O)n2/N=C/c2cc(Cl)ccc2O)[C@@H](OC(C)=O)[C@H](OC(C)=O)[C@H]1OC(C)=O. The Labute approximate surface area is 271 Å². The molecule has 3 aromatic rings. The van der Waals surface area contributed by atoms with Crippen LogP contribution >= 0.6 is 23.4 Å². The van der Waals surface area contributed by atoms with E-state index >= 15 is 0 Å². The predicted molar refractivity (Wildman–Crippen MR) is 161 cm³/mol. The van der Waals surface area contributed by atoms with Crippen molar-refractivity contribution in [1.82, 2.24) is 14.9 Å². The maximum Gasteiger partial charge on any atom is 0.303 e. The van der Waals surface area contributed by atoms with Crippen molar-refractivity contribution < 1.29 is 53.1 Å². The first-order valence-corrected chi connectivity index (χ1v) is 14.8. The van der Waals surface area contributed by atoms with Gasteiger partial charge >= 0.3 is 23.9 Å². The molecular formula is C29H29ClN4O11S. The lowest BCUT2D eigenvalue weighted by Gasteiger charge is -2.43. The van der Waals surface area contributed by atoms with Crippen molar-refractivity contribution in [1.29, 1.82) is 0 Å². The predicted octanol–water partition coefficient (Wildman–Crippen LogP) is 3.07. The summed E-state index contributed by atoms with van der Waals surface area (Å²) in [4.78, 5) is 48.2. The number of hydrogen-bond acceptors (Lipinski definition) is 15. The summed E-state index contributed by atoms with van der Waals surface area (Å²) in [6.45, 7) is 4.10. The zero-order valence-electron chi connectivity index (χ0n) is 24.9. The molecule has 0 spiro atoms. The van der Waals surface area contributed by atoms with E-state index in [1.165, 1.54) is 42.1 Å². The molecule has 1 fully saturated rings. The van der Waals surface area contributed by atoms with Gasteiger partial charge in [0.25, 0.3) is 0 Å². The fourth-order valence-corrected chi connectivity index (χ4v) is 5.66. The molecule has 0 bridgehead atoms. The molecule has 15 nitrogen and oxygen atoms in total. The van der Waals surface area contributed by atoms with Gasteiger partial charge in [-0.2, -0.15) is 9.78 Å². The standard InChI is InChI=1S/C29H29ClN4O11S/c1-14(35)41-13-23-24(42-15(2)36)25(43-16(3)37)26(44-17(4)38)28(45-23)46-29-33-32-27(20-7-5-6-8-22(20)40)34(29)31-12-18-11-19(30)9-10-21(18)39/h5-12,23-26,28,39-40H,13H2,1-4H3/b31-12+/t23-,24-,25+,26-,28+/m0/s1. The maximum absolute atomic E-state index is 12.3. The highest BCUT2D eigenvalue weighted by Crippen LogP contribution is 2.39. The van der Waals surface area contributed by atoms with Crippen molar-refractivity contribution >= 4 is 53.5 Å². The van der Waals surface area contributed by atoms with Crippen LogP contribution in [-0.2, 0) is 42.9 Å². The van der Waals surface area contributed by atoms with E-state index in [1.807, 2.05) is 0 Å². The first kappa shape index (κ1) is 34.2. The zero-order valence-corrected chi connectivity index (χ0v) is 26.4. The van der Waals surface area contributed by atoms with Gasteiger partial charge in [0, 0.05) is 38.3 Å². The molecule has 5 atom stereocenters. The number of aromatic hydroxyl groups is 2. The minimum Gasteiger partial charge on any atom is -0.507 e. The van der Waals surface area contributed by atoms with Crippen molar-refractivity contribution in [2.24, 2.45) is 5.10 Å². The summed E-state index contributed by atoms with van der Waals surface area (Å²) in [5.74, 6) is -3.18. The molecule has 0 saturated carbocycles. The number of phenolic OH excluding ortho intramolecular Hbond substituents is 2. The molecule has 1 saturated heterocycles. The number of para-hydroxylation sites is 1. The van der Waals surface area contributed by atoms with Gasteiger partial charge < -0.3 is 33.9 Å². The first-order chi connectivity index (χ1) is 21.8. The molecular weight excluding hydrogens is 648 g/mol. The minimum atomic E-state index is -1.40. The van der Waals surface area contributed by atoms with E-state index in [4.69, 9.17) is 35.3 Å². The van der Waals surface area contributed by atoms with Gasteiger partial charge in [-0.25, -0.2) is 0 Å². The number of rotatable bonds is 10. The summed E-state index contributed by atoms with van der Waals surface area (Å²) >= 11 is 6.93. The van der Waals surface area contributed by atoms with Gasteiger partial charge in [-0.1, -0.05) is 23.7 Å². The molecule has 2 N–H and O–H groups in total. The Morgan fingerprint density at radius 1 is 0.913 bits per heavy atom. The van der Waals surface area contributed by atoms with Gasteiger partial charge in [0.15, 0.2) is 29.6 Å². The lowest BCUT2D eigenvalue weighted by Crippen LogP contribution is -2.61. The number of benzene rings is 2. The highest BCUT2D eigenvalue weighted by Gasteiger charge is 2.53. The van der Waals surface area contributed by atoms with Crippen molar-refractivity contribution in [3.8, 4) is 22.9 Å². The second kappa shape index (κ2) is 15.1. The molecule has 17 heteroatoms. The second-order valence-corrected chi connectivity index (χ2v) is 11.3. The van der Waals surface area contributed by atoms with E-state index in [-0.39, 0.29) is 33.6 Å². The van der Waals surface area contributed by atoms with Gasteiger partial charge in [-0.15, -0.1) is 10.2 Å². The van der Waals surface area contributed by atoms with Gasteiger partial charge in [0.1, 0.15) is 24.2 Å². The molecule has 0 aliphatic carbocycles. The van der Waals surface area contributed by atoms with Crippen molar-refractivity contribution in [3.63, 3.8) is 0 Å². The highest BCUT2D eigenvalue weighted by atomic mass is 35.5. The monoisotopic (exact) mass is 676 g/mol. The average molecular weight is 677 g/mol. The number of phenols is 2. The third-order valence-corrected chi connectivity index (χ3v) is 7.54. The van der Waals surface area contributed by atoms with Crippen LogP contribution in [-0.4, -0.2) is 91.6 Å². The zero-order chi connectivity index (χ0) is 33.5. The Bertz CT molecular complexity index is 1650. The van der Waals surface area contributed by atoms with Crippen molar-refractivity contribution in [2.75, 3.05) is 6.61 Å². The van der Waals surface area contributed by atoms with Crippen LogP contribution < -0.4 is 0 Å². The molecule has 1 aliphatic heterocycles. The number of thioether (sulfide) groups is 1. The fourth-order valence-electron chi connectivity index (χ4n) is 4.41. The molecule has 0 amide bonds. The second-order valence-electron chi connectivity index (χ2n) is 9.77. The van der Waals surface area contributed by atoms with Gasteiger partial charge in [0.05, 0.1) is 11.8 Å². The number of halogens is 1. The van der Waals surface area contributed by atoms with Gasteiger partial charge in [0.2, 0.25) is 5.16 Å². The average Bonchev–Trinajstić information content (AvgIpc) is 3.36. The third-order valence-electron chi connectivity index (χ3n) is 6.23. The van der Waals surface area contributed by atoms with Crippen LogP contribution in [0.25, 0.3) is 11.4 Å². The fraction of sp³-hybridized carbons (Fsp3) is 0.345. The van der Waals surface area contributed by atoms with Gasteiger partial charge in [-0.3, -0.25) is 19.2 Å². The summed E-state index contributed by atoms with van der Waals surface area (Å²) in [7, 11) is 0. The van der Waals surface area contributed by atoms with Crippen LogP contribution in [0.15, 0.2) is 52.7 Å². The lowest BCUT2D eigenvalue weighted by molar-refractivity contribution is -0.237. The highest BCUT2D eigenvalue weighted by molar-refractivity contribution is 7.99. The van der Waals surface area contributed by atoms with E-state index in [9.17, 15) is 29.4 Å². The third kappa shape index (κ3) is 8.52. The molecule has 2 aromatic carbocycles. The van der Waals surface area contributed by atoms with Crippen LogP contribution in [0, 0.1) is 0 Å². The number of carbonyl (C=O) groups is 4. The van der Waals surface area contributed by atoms with Crippen LogP contribution in [0.5, 0.6) is 11.5 Å². The van der Waals surface area contributed by atoms with E-state index in [0.29, 0.717) is 5.02 Å². The molecule has 0 unspecified atom stereocenters. The maximum atomic E-state index is 12.3. The van der Waals surface area contributed by atoms with Crippen LogP contribution in [0.4, 0.5) is 0 Å². The minimum absolute atomic E-state index is 0.0249. The topological polar surface area (TPSA) is 198 Å². The Kier molecular flexibility index (Phi) is 11.2. The number of hydrogen-bond donors (Lipinski definition) is 2. The normalized spacial score (nSPS) is 21.0. The van der Waals surface area contributed by atoms with E-state index in [2.05, 4.69) is 15.3 Å². The number of esters is 4.